The lowest BCUT2D eigenvalue weighted by molar-refractivity contribution is -0.168. The van der Waals surface area contributed by atoms with Crippen LogP contribution in [0.4, 0.5) is 14.0 Å². The Labute approximate surface area is 212 Å². The molecule has 0 bridgehead atoms. The number of aromatic nitrogens is 2. The van der Waals surface area contributed by atoms with Gasteiger partial charge in [0.25, 0.3) is 5.56 Å². The van der Waals surface area contributed by atoms with Gasteiger partial charge in [0, 0.05) is 12.3 Å². The lowest BCUT2D eigenvalue weighted by Crippen LogP contribution is -2.51. The molecular formula is C19H26FN2O15P. The number of hydrogen-bond acceptors (Lipinski definition) is 15. The van der Waals surface area contributed by atoms with Crippen molar-refractivity contribution in [2.45, 2.75) is 49.9 Å². The summed E-state index contributed by atoms with van der Waals surface area (Å²) in [5.74, 6) is 0. The van der Waals surface area contributed by atoms with E-state index in [0.29, 0.717) is 4.57 Å². The molecule has 0 spiro atoms. The Balaban J connectivity index is 1.82. The molecule has 1 aliphatic carbocycles. The summed E-state index contributed by atoms with van der Waals surface area (Å²) in [6, 6.07) is 0.925. The molecule has 0 radical (unpaired) electrons. The highest BCUT2D eigenvalue weighted by molar-refractivity contribution is 7.48. The smallest absolute Gasteiger partial charge is 0.435 e. The highest BCUT2D eigenvalue weighted by Crippen LogP contribution is 2.71. The topological polar surface area (TPSA) is 220 Å². The van der Waals surface area contributed by atoms with E-state index in [9.17, 15) is 38.3 Å². The molecule has 2 heterocycles. The van der Waals surface area contributed by atoms with Gasteiger partial charge in [0.05, 0.1) is 13.2 Å². The average molecular weight is 572 g/mol. The molecule has 1 aromatic heterocycles. The van der Waals surface area contributed by atoms with Crippen LogP contribution in [0.15, 0.2) is 21.9 Å². The van der Waals surface area contributed by atoms with Crippen LogP contribution in [0.3, 0.4) is 0 Å². The Morgan fingerprint density at radius 1 is 1.11 bits per heavy atom. The Bertz CT molecular complexity index is 1180. The summed E-state index contributed by atoms with van der Waals surface area (Å²) in [5.41, 5.74) is -9.34. The van der Waals surface area contributed by atoms with E-state index in [-0.39, 0.29) is 13.2 Å². The normalized spacial score (nSPS) is 29.8. The first kappa shape index (κ1) is 29.7. The van der Waals surface area contributed by atoms with Gasteiger partial charge in [0.15, 0.2) is 17.4 Å². The van der Waals surface area contributed by atoms with Gasteiger partial charge in [-0.15, -0.1) is 0 Å². The maximum Gasteiger partial charge on any atom is 0.510 e. The second-order valence-corrected chi connectivity index (χ2v) is 9.63. The number of hydrogen-bond donors (Lipinski definition) is 3. The van der Waals surface area contributed by atoms with Crippen LogP contribution in [-0.2, 0) is 41.8 Å². The van der Waals surface area contributed by atoms with Crippen LogP contribution in [0.1, 0.15) is 27.0 Å². The molecule has 38 heavy (non-hydrogen) atoms. The molecule has 2 fully saturated rings. The molecular weight excluding hydrogens is 546 g/mol. The first-order valence-electron chi connectivity index (χ1n) is 11.0. The SMILES string of the molecule is CCOC(=O)OCOP(=O)(OCOC(=O)OCC)OC1[C@]2(O)[C@@](C)(O)[C@H](n3ccc(=O)[nH]c3=O)O[C@]12CF. The van der Waals surface area contributed by atoms with Crippen molar-refractivity contribution in [3.05, 3.63) is 33.1 Å². The number of halogens is 1. The van der Waals surface area contributed by atoms with Crippen LogP contribution in [0.2, 0.25) is 0 Å². The van der Waals surface area contributed by atoms with Gasteiger partial charge in [-0.2, -0.15) is 0 Å². The molecule has 214 valence electrons. The molecule has 1 saturated carbocycles. The molecule has 1 aromatic rings. The van der Waals surface area contributed by atoms with Crippen molar-refractivity contribution in [1.29, 1.82) is 0 Å². The minimum absolute atomic E-state index is 0.0586. The van der Waals surface area contributed by atoms with Gasteiger partial charge in [-0.25, -0.2) is 32.4 Å². The first-order chi connectivity index (χ1) is 17.8. The van der Waals surface area contributed by atoms with E-state index in [1.807, 2.05) is 4.98 Å². The molecule has 3 N–H and O–H groups in total. The number of nitrogens with one attached hydrogen (secondary N) is 1. The molecule has 19 heteroatoms. The maximum absolute atomic E-state index is 14.3. The van der Waals surface area contributed by atoms with Crippen LogP contribution < -0.4 is 11.2 Å². The van der Waals surface area contributed by atoms with Crippen LogP contribution >= 0.6 is 7.82 Å². The van der Waals surface area contributed by atoms with E-state index in [0.717, 1.165) is 19.2 Å². The monoisotopic (exact) mass is 572 g/mol. The number of aromatic amines is 1. The van der Waals surface area contributed by atoms with Gasteiger partial charge < -0.3 is 33.9 Å². The van der Waals surface area contributed by atoms with Crippen molar-refractivity contribution >= 4 is 20.1 Å². The number of fused-ring (bicyclic) bond motifs is 1. The third-order valence-electron chi connectivity index (χ3n) is 5.78. The summed E-state index contributed by atoms with van der Waals surface area (Å²) in [5, 5.41) is 22.4. The maximum atomic E-state index is 14.3. The van der Waals surface area contributed by atoms with Crippen molar-refractivity contribution in [2.24, 2.45) is 0 Å². The zero-order chi connectivity index (χ0) is 28.4. The average Bonchev–Trinajstić information content (AvgIpc) is 3.28. The Hall–Kier alpha value is -2.86. The van der Waals surface area contributed by atoms with Gasteiger partial charge >= 0.3 is 25.8 Å². The highest BCUT2D eigenvalue weighted by atomic mass is 31.2. The molecule has 2 aliphatic rings. The number of phosphoric acid groups is 1. The summed E-state index contributed by atoms with van der Waals surface area (Å²) in [4.78, 5) is 48.3. The van der Waals surface area contributed by atoms with E-state index in [2.05, 4.69) is 18.9 Å². The Morgan fingerprint density at radius 3 is 2.11 bits per heavy atom. The highest BCUT2D eigenvalue weighted by Gasteiger charge is 2.93. The Kier molecular flexibility index (Phi) is 8.67. The molecule has 0 amide bonds. The first-order valence-corrected chi connectivity index (χ1v) is 12.4. The van der Waals surface area contributed by atoms with Crippen LogP contribution in [0.5, 0.6) is 0 Å². The quantitative estimate of drug-likeness (QED) is 0.171. The molecule has 1 saturated heterocycles. The van der Waals surface area contributed by atoms with Gasteiger partial charge in [0.1, 0.15) is 18.4 Å². The third kappa shape index (κ3) is 5.20. The fourth-order valence-electron chi connectivity index (χ4n) is 3.93. The third-order valence-corrected chi connectivity index (χ3v) is 7.09. The summed E-state index contributed by atoms with van der Waals surface area (Å²) < 4.78 is 66.7. The predicted octanol–water partition coefficient (Wildman–Crippen LogP) is 0.0571. The van der Waals surface area contributed by atoms with E-state index < -0.39 is 80.8 Å². The summed E-state index contributed by atoms with van der Waals surface area (Å²) in [6.45, 7) is 0.123. The summed E-state index contributed by atoms with van der Waals surface area (Å²) >= 11 is 0. The molecule has 1 unspecified atom stereocenters. The van der Waals surface area contributed by atoms with Crippen LogP contribution in [0.25, 0.3) is 0 Å². The summed E-state index contributed by atoms with van der Waals surface area (Å²) in [7, 11) is -4.98. The van der Waals surface area contributed by atoms with Gasteiger partial charge in [-0.05, 0) is 20.8 Å². The number of carbonyl (C=O) groups is 2. The fourth-order valence-corrected chi connectivity index (χ4v) is 5.07. The fraction of sp³-hybridized carbons (Fsp3) is 0.684. The van der Waals surface area contributed by atoms with E-state index in [1.54, 1.807) is 0 Å². The van der Waals surface area contributed by atoms with Crippen molar-refractivity contribution in [3.8, 4) is 0 Å². The number of carbonyl (C=O) groups excluding carboxylic acids is 2. The number of H-pyrrole nitrogens is 1. The van der Waals surface area contributed by atoms with Gasteiger partial charge in [-0.1, -0.05) is 0 Å². The molecule has 5 atom stereocenters. The molecule has 1 aliphatic heterocycles. The molecule has 17 nitrogen and oxygen atoms in total. The predicted molar refractivity (Wildman–Crippen MR) is 116 cm³/mol. The van der Waals surface area contributed by atoms with Crippen molar-refractivity contribution in [2.75, 3.05) is 33.5 Å². The van der Waals surface area contributed by atoms with Crippen molar-refractivity contribution < 1.29 is 66.0 Å². The van der Waals surface area contributed by atoms with E-state index >= 15 is 0 Å². The molecule has 0 aromatic carbocycles. The lowest BCUT2D eigenvalue weighted by Gasteiger charge is -2.33. The van der Waals surface area contributed by atoms with Crippen molar-refractivity contribution in [3.63, 3.8) is 0 Å². The van der Waals surface area contributed by atoms with Crippen LogP contribution in [0, 0.1) is 0 Å². The summed E-state index contributed by atoms with van der Waals surface area (Å²) in [6.07, 6.45) is -5.16. The standard InChI is InChI=1S/C19H26FN2O15P/c1-4-30-15(25)32-9-34-38(29,35-10-33-16(26)31-5-2)37-12-18(8-20)19(12,28)17(3,27)13(36-18)22-7-6-11(23)21-14(22)24/h6-7,12-13,27-28H,4-5,8-10H2,1-3H3,(H,21,23,24)/t12?,13-,17+,18-,19+/m1/s1. The zero-order valence-electron chi connectivity index (χ0n) is 20.3. The number of aliphatic hydroxyl groups is 2. The second kappa shape index (κ2) is 11.1. The number of phosphoric ester groups is 1. The van der Waals surface area contributed by atoms with E-state index in [1.165, 1.54) is 13.8 Å². The van der Waals surface area contributed by atoms with Crippen LogP contribution in [-0.4, -0.2) is 88.5 Å². The van der Waals surface area contributed by atoms with Crippen molar-refractivity contribution in [1.82, 2.24) is 9.55 Å². The minimum atomic E-state index is -4.98. The lowest BCUT2D eigenvalue weighted by atomic mass is 9.94. The number of nitrogens with zero attached hydrogens (tertiary/aromatic N) is 1. The largest absolute Gasteiger partial charge is 0.510 e. The number of ether oxygens (including phenoxy) is 5. The number of alkyl halides is 1. The second-order valence-electron chi connectivity index (χ2n) is 8.01. The minimum Gasteiger partial charge on any atom is -0.435 e. The Morgan fingerprint density at radius 2 is 1.66 bits per heavy atom. The molecule has 3 rings (SSSR count). The van der Waals surface area contributed by atoms with Gasteiger partial charge in [0.2, 0.25) is 13.6 Å². The van der Waals surface area contributed by atoms with E-state index in [4.69, 9.17) is 18.3 Å². The van der Waals surface area contributed by atoms with Gasteiger partial charge in [-0.3, -0.25) is 18.9 Å². The zero-order valence-corrected chi connectivity index (χ0v) is 21.2. The number of rotatable bonds is 12.